The van der Waals surface area contributed by atoms with Gasteiger partial charge in [0.2, 0.25) is 15.9 Å². The molecule has 0 radical (unpaired) electrons. The lowest BCUT2D eigenvalue weighted by atomic mass is 10.1. The van der Waals surface area contributed by atoms with Crippen LogP contribution in [0.3, 0.4) is 0 Å². The van der Waals surface area contributed by atoms with Crippen LogP contribution >= 0.6 is 15.9 Å². The number of nitrogens with one attached hydrogen (secondary N) is 1. The zero-order chi connectivity index (χ0) is 21.9. The molecule has 2 aromatic carbocycles. The van der Waals surface area contributed by atoms with E-state index in [1.54, 1.807) is 0 Å². The van der Waals surface area contributed by atoms with Crippen molar-refractivity contribution in [1.29, 1.82) is 0 Å². The maximum Gasteiger partial charge on any atom is 0.255 e. The van der Waals surface area contributed by atoms with Crippen molar-refractivity contribution >= 4 is 43.5 Å². The fourth-order valence-corrected chi connectivity index (χ4v) is 5.28. The van der Waals surface area contributed by atoms with Gasteiger partial charge in [0, 0.05) is 28.7 Å². The number of ether oxygens (including phenoxy) is 2. The SMILES string of the molecule is COc1ccc(C(N)=O)cc1NC(=O)c1ccc(Br)c(S(=O)(=O)N2CCOCC2)c1. The molecule has 0 atom stereocenters. The second kappa shape index (κ2) is 9.13. The van der Waals surface area contributed by atoms with Crippen molar-refractivity contribution in [2.75, 3.05) is 38.7 Å². The smallest absolute Gasteiger partial charge is 0.255 e. The topological polar surface area (TPSA) is 128 Å². The Bertz CT molecular complexity index is 1080. The maximum absolute atomic E-state index is 13.0. The quantitative estimate of drug-likeness (QED) is 0.626. The Balaban J connectivity index is 1.92. The highest BCUT2D eigenvalue weighted by Gasteiger charge is 2.29. The van der Waals surface area contributed by atoms with E-state index in [0.717, 1.165) is 0 Å². The Morgan fingerprint density at radius 2 is 1.80 bits per heavy atom. The van der Waals surface area contributed by atoms with E-state index in [4.69, 9.17) is 15.2 Å². The molecule has 0 aromatic heterocycles. The number of primary amides is 1. The van der Waals surface area contributed by atoms with Crippen LogP contribution in [0.15, 0.2) is 45.8 Å². The molecule has 30 heavy (non-hydrogen) atoms. The van der Waals surface area contributed by atoms with E-state index in [1.165, 1.54) is 47.8 Å². The van der Waals surface area contributed by atoms with Gasteiger partial charge in [-0.3, -0.25) is 9.59 Å². The molecular weight excluding hydrogens is 478 g/mol. The minimum Gasteiger partial charge on any atom is -0.495 e. The summed E-state index contributed by atoms with van der Waals surface area (Å²) in [6.07, 6.45) is 0. The third-order valence-corrected chi connectivity index (χ3v) is 7.41. The van der Waals surface area contributed by atoms with Crippen molar-refractivity contribution in [3.8, 4) is 5.75 Å². The third kappa shape index (κ3) is 4.64. The third-order valence-electron chi connectivity index (χ3n) is 4.51. The molecule has 0 aliphatic carbocycles. The monoisotopic (exact) mass is 497 g/mol. The van der Waals surface area contributed by atoms with Gasteiger partial charge in [-0.1, -0.05) is 0 Å². The van der Waals surface area contributed by atoms with Gasteiger partial charge in [-0.25, -0.2) is 8.42 Å². The molecule has 1 saturated heterocycles. The van der Waals surface area contributed by atoms with Crippen molar-refractivity contribution in [3.05, 3.63) is 52.0 Å². The van der Waals surface area contributed by atoms with Crippen LogP contribution in [-0.4, -0.2) is 58.0 Å². The van der Waals surface area contributed by atoms with Gasteiger partial charge in [0.1, 0.15) is 5.75 Å². The van der Waals surface area contributed by atoms with Crippen LogP contribution in [-0.2, 0) is 14.8 Å². The lowest BCUT2D eigenvalue weighted by Crippen LogP contribution is -2.40. The Labute approximate surface area is 182 Å². The highest BCUT2D eigenvalue weighted by Crippen LogP contribution is 2.29. The number of rotatable bonds is 6. The molecule has 1 heterocycles. The van der Waals surface area contributed by atoms with Crippen LogP contribution < -0.4 is 15.8 Å². The first-order valence-electron chi connectivity index (χ1n) is 8.90. The lowest BCUT2D eigenvalue weighted by Gasteiger charge is -2.26. The highest BCUT2D eigenvalue weighted by molar-refractivity contribution is 9.10. The zero-order valence-corrected chi connectivity index (χ0v) is 18.5. The Kier molecular flexibility index (Phi) is 6.76. The first-order valence-corrected chi connectivity index (χ1v) is 11.1. The summed E-state index contributed by atoms with van der Waals surface area (Å²) in [7, 11) is -2.39. The van der Waals surface area contributed by atoms with Gasteiger partial charge in [0.25, 0.3) is 5.91 Å². The second-order valence-corrected chi connectivity index (χ2v) is 9.16. The van der Waals surface area contributed by atoms with E-state index in [1.807, 2.05) is 0 Å². The first kappa shape index (κ1) is 22.2. The minimum absolute atomic E-state index is 0.0186. The predicted octanol–water partition coefficient (Wildman–Crippen LogP) is 1.83. The van der Waals surface area contributed by atoms with E-state index < -0.39 is 21.8 Å². The number of hydrogen-bond donors (Lipinski definition) is 2. The number of sulfonamides is 1. The number of morpholine rings is 1. The van der Waals surface area contributed by atoms with Gasteiger partial charge in [-0.2, -0.15) is 4.31 Å². The predicted molar refractivity (Wildman–Crippen MR) is 113 cm³/mol. The average Bonchev–Trinajstić information content (AvgIpc) is 2.74. The van der Waals surface area contributed by atoms with E-state index in [2.05, 4.69) is 21.2 Å². The summed E-state index contributed by atoms with van der Waals surface area (Å²) in [5, 5.41) is 2.64. The van der Waals surface area contributed by atoms with Gasteiger partial charge in [0.05, 0.1) is 30.9 Å². The van der Waals surface area contributed by atoms with Gasteiger partial charge in [-0.05, 0) is 52.3 Å². The lowest BCUT2D eigenvalue weighted by molar-refractivity contribution is 0.0730. The van der Waals surface area contributed by atoms with Crippen LogP contribution in [0.4, 0.5) is 5.69 Å². The van der Waals surface area contributed by atoms with Gasteiger partial charge in [-0.15, -0.1) is 0 Å². The minimum atomic E-state index is -3.81. The van der Waals surface area contributed by atoms with Crippen molar-refractivity contribution in [1.82, 2.24) is 4.31 Å². The Hall–Kier alpha value is -2.47. The van der Waals surface area contributed by atoms with E-state index in [0.29, 0.717) is 23.4 Å². The van der Waals surface area contributed by atoms with Gasteiger partial charge < -0.3 is 20.5 Å². The zero-order valence-electron chi connectivity index (χ0n) is 16.1. The molecule has 2 aromatic rings. The van der Waals surface area contributed by atoms with Gasteiger partial charge in [0.15, 0.2) is 0 Å². The number of anilines is 1. The van der Waals surface area contributed by atoms with Crippen LogP contribution in [0.2, 0.25) is 0 Å². The number of hydrogen-bond acceptors (Lipinski definition) is 6. The number of amides is 2. The molecule has 0 spiro atoms. The molecular formula is C19H20BrN3O6S. The maximum atomic E-state index is 13.0. The molecule has 3 N–H and O–H groups in total. The van der Waals surface area contributed by atoms with Crippen molar-refractivity contribution in [3.63, 3.8) is 0 Å². The summed E-state index contributed by atoms with van der Waals surface area (Å²) < 4.78 is 38.1. The molecule has 1 fully saturated rings. The number of halogens is 1. The molecule has 0 unspecified atom stereocenters. The Morgan fingerprint density at radius 1 is 1.13 bits per heavy atom. The summed E-state index contributed by atoms with van der Waals surface area (Å²) in [5.74, 6) is -0.900. The highest BCUT2D eigenvalue weighted by atomic mass is 79.9. The number of methoxy groups -OCH3 is 1. The number of carbonyl (C=O) groups is 2. The summed E-state index contributed by atoms with van der Waals surface area (Å²) in [6, 6.07) is 8.66. The molecule has 9 nitrogen and oxygen atoms in total. The van der Waals surface area contributed by atoms with Gasteiger partial charge >= 0.3 is 0 Å². The second-order valence-electron chi connectivity index (χ2n) is 6.40. The largest absolute Gasteiger partial charge is 0.495 e. The average molecular weight is 498 g/mol. The van der Waals surface area contributed by atoms with Crippen molar-refractivity contribution in [2.24, 2.45) is 5.73 Å². The standard InChI is InChI=1S/C19H20BrN3O6S/c1-28-16-5-3-12(18(21)24)10-15(16)22-19(25)13-2-4-14(20)17(11-13)30(26,27)23-6-8-29-9-7-23/h2-5,10-11H,6-9H2,1H3,(H2,21,24)(H,22,25). The summed E-state index contributed by atoms with van der Waals surface area (Å²) in [6.45, 7) is 1.10. The summed E-state index contributed by atoms with van der Waals surface area (Å²) >= 11 is 3.26. The van der Waals surface area contributed by atoms with Crippen LogP contribution in [0.5, 0.6) is 5.75 Å². The number of nitrogens with zero attached hydrogens (tertiary/aromatic N) is 1. The summed E-state index contributed by atoms with van der Waals surface area (Å²) in [5.41, 5.74) is 5.84. The fraction of sp³-hybridized carbons (Fsp3) is 0.263. The van der Waals surface area contributed by atoms with Crippen molar-refractivity contribution in [2.45, 2.75) is 4.90 Å². The molecule has 3 rings (SSSR count). The molecule has 1 aliphatic rings. The van der Waals surface area contributed by atoms with Crippen LogP contribution in [0, 0.1) is 0 Å². The number of benzene rings is 2. The van der Waals surface area contributed by atoms with E-state index >= 15 is 0 Å². The Morgan fingerprint density at radius 3 is 2.43 bits per heavy atom. The van der Waals surface area contributed by atoms with Crippen molar-refractivity contribution < 1.29 is 27.5 Å². The van der Waals surface area contributed by atoms with E-state index in [-0.39, 0.29) is 34.8 Å². The number of nitrogens with two attached hydrogens (primary N) is 1. The normalized spacial score (nSPS) is 14.9. The van der Waals surface area contributed by atoms with Crippen LogP contribution in [0.25, 0.3) is 0 Å². The molecule has 160 valence electrons. The molecule has 11 heteroatoms. The molecule has 1 aliphatic heterocycles. The molecule has 0 saturated carbocycles. The van der Waals surface area contributed by atoms with E-state index in [9.17, 15) is 18.0 Å². The molecule has 2 amide bonds. The number of carbonyl (C=O) groups excluding carboxylic acids is 2. The fourth-order valence-electron chi connectivity index (χ4n) is 2.92. The molecule has 0 bridgehead atoms. The van der Waals surface area contributed by atoms with Crippen LogP contribution in [0.1, 0.15) is 20.7 Å². The summed E-state index contributed by atoms with van der Waals surface area (Å²) in [4.78, 5) is 24.2. The first-order chi connectivity index (χ1) is 14.2.